The molecule has 1 aliphatic rings. The van der Waals surface area contributed by atoms with Gasteiger partial charge in [-0.05, 0) is 6.42 Å². The summed E-state index contributed by atoms with van der Waals surface area (Å²) >= 11 is 5.81. The molecule has 0 aromatic rings. The predicted octanol–water partition coefficient (Wildman–Crippen LogP) is 1.19. The summed E-state index contributed by atoms with van der Waals surface area (Å²) in [4.78, 5) is 16.6. The van der Waals surface area contributed by atoms with Gasteiger partial charge in [-0.25, -0.2) is 4.99 Å². The summed E-state index contributed by atoms with van der Waals surface area (Å²) < 4.78 is 0. The Balaban J connectivity index is 2.69. The van der Waals surface area contributed by atoms with Gasteiger partial charge in [-0.2, -0.15) is 0 Å². The number of carbonyl (C=O) groups is 1. The molecule has 0 unspecified atom stereocenters. The van der Waals surface area contributed by atoms with E-state index in [0.29, 0.717) is 18.7 Å². The maximum absolute atomic E-state index is 11.3. The fourth-order valence-electron chi connectivity index (χ4n) is 1.23. The Bertz CT molecular complexity index is 309. The van der Waals surface area contributed by atoms with Gasteiger partial charge >= 0.3 is 0 Å². The van der Waals surface area contributed by atoms with Gasteiger partial charge in [-0.15, -0.1) is 0 Å². The second-order valence-corrected chi connectivity index (χ2v) is 3.22. The molecule has 14 heavy (non-hydrogen) atoms. The second-order valence-electron chi connectivity index (χ2n) is 2.86. The standard InChI is InChI=1S/C9H12ClN3O/c1-7(9(10)12-5-4-11)13-6-2-3-8(13)14/h4-5H,1-3,6,11H2/b5-4-,12-9?. The molecule has 0 bridgehead atoms. The molecule has 5 heteroatoms. The second kappa shape index (κ2) is 4.81. The molecular weight excluding hydrogens is 202 g/mol. The van der Waals surface area contributed by atoms with Crippen LogP contribution in [0.4, 0.5) is 0 Å². The van der Waals surface area contributed by atoms with Crippen molar-refractivity contribution in [1.82, 2.24) is 4.90 Å². The molecule has 0 aromatic heterocycles. The van der Waals surface area contributed by atoms with E-state index in [0.717, 1.165) is 6.42 Å². The van der Waals surface area contributed by atoms with Crippen LogP contribution in [0.2, 0.25) is 0 Å². The van der Waals surface area contributed by atoms with Crippen molar-refractivity contribution >= 4 is 22.7 Å². The molecule has 1 aliphatic heterocycles. The first-order chi connectivity index (χ1) is 6.66. The quantitative estimate of drug-likeness (QED) is 0.716. The van der Waals surface area contributed by atoms with E-state index in [1.54, 1.807) is 0 Å². The Morgan fingerprint density at radius 3 is 2.93 bits per heavy atom. The van der Waals surface area contributed by atoms with Crippen LogP contribution in [0.15, 0.2) is 29.7 Å². The van der Waals surface area contributed by atoms with Crippen LogP contribution in [-0.2, 0) is 4.79 Å². The van der Waals surface area contributed by atoms with Crippen LogP contribution in [0.5, 0.6) is 0 Å². The van der Waals surface area contributed by atoms with Crippen LogP contribution < -0.4 is 5.73 Å². The van der Waals surface area contributed by atoms with Gasteiger partial charge in [0.25, 0.3) is 0 Å². The largest absolute Gasteiger partial charge is 0.403 e. The van der Waals surface area contributed by atoms with Gasteiger partial charge < -0.3 is 10.6 Å². The number of halogens is 1. The Morgan fingerprint density at radius 2 is 2.43 bits per heavy atom. The fourth-order valence-corrected chi connectivity index (χ4v) is 1.39. The highest BCUT2D eigenvalue weighted by Crippen LogP contribution is 2.17. The summed E-state index contributed by atoms with van der Waals surface area (Å²) in [6, 6.07) is 0. The summed E-state index contributed by atoms with van der Waals surface area (Å²) in [5, 5.41) is 0.196. The first-order valence-electron chi connectivity index (χ1n) is 4.26. The van der Waals surface area contributed by atoms with Crippen molar-refractivity contribution in [1.29, 1.82) is 0 Å². The number of carbonyl (C=O) groups excluding carboxylic acids is 1. The van der Waals surface area contributed by atoms with Crippen LogP contribution in [0.3, 0.4) is 0 Å². The molecule has 0 radical (unpaired) electrons. The first kappa shape index (κ1) is 10.8. The van der Waals surface area contributed by atoms with Crippen molar-refractivity contribution in [3.63, 3.8) is 0 Å². The van der Waals surface area contributed by atoms with Gasteiger partial charge in [0.1, 0.15) is 0 Å². The number of amides is 1. The van der Waals surface area contributed by atoms with Gasteiger partial charge in [0.05, 0.1) is 5.70 Å². The molecule has 1 amide bonds. The van der Waals surface area contributed by atoms with Crippen molar-refractivity contribution in [3.8, 4) is 0 Å². The van der Waals surface area contributed by atoms with E-state index in [1.165, 1.54) is 17.3 Å². The van der Waals surface area contributed by atoms with Gasteiger partial charge in [0.15, 0.2) is 5.17 Å². The summed E-state index contributed by atoms with van der Waals surface area (Å²) in [6.07, 6.45) is 4.01. The topological polar surface area (TPSA) is 58.7 Å². The van der Waals surface area contributed by atoms with Crippen LogP contribution in [0, 0.1) is 0 Å². The number of nitrogens with zero attached hydrogens (tertiary/aromatic N) is 2. The fraction of sp³-hybridized carbons (Fsp3) is 0.333. The zero-order valence-corrected chi connectivity index (χ0v) is 8.50. The number of aliphatic imine (C=N–C) groups is 1. The third-order valence-electron chi connectivity index (χ3n) is 1.91. The van der Waals surface area contributed by atoms with Crippen molar-refractivity contribution in [2.24, 2.45) is 10.7 Å². The van der Waals surface area contributed by atoms with Crippen molar-refractivity contribution in [2.45, 2.75) is 12.8 Å². The summed E-state index contributed by atoms with van der Waals surface area (Å²) in [5.74, 6) is 0.0417. The molecule has 1 fully saturated rings. The number of hydrogen-bond acceptors (Lipinski definition) is 3. The van der Waals surface area contributed by atoms with E-state index in [4.69, 9.17) is 17.3 Å². The average Bonchev–Trinajstić information content (AvgIpc) is 2.59. The highest BCUT2D eigenvalue weighted by Gasteiger charge is 2.24. The lowest BCUT2D eigenvalue weighted by atomic mass is 10.4. The lowest BCUT2D eigenvalue weighted by Crippen LogP contribution is -2.26. The third-order valence-corrected chi connectivity index (χ3v) is 2.23. The average molecular weight is 214 g/mol. The molecule has 2 N–H and O–H groups in total. The molecular formula is C9H12ClN3O. The molecule has 4 nitrogen and oxygen atoms in total. The van der Waals surface area contributed by atoms with Crippen LogP contribution >= 0.6 is 11.6 Å². The van der Waals surface area contributed by atoms with E-state index in [-0.39, 0.29) is 11.1 Å². The van der Waals surface area contributed by atoms with E-state index < -0.39 is 0 Å². The molecule has 0 atom stereocenters. The van der Waals surface area contributed by atoms with E-state index in [2.05, 4.69) is 11.6 Å². The molecule has 1 rings (SSSR count). The Morgan fingerprint density at radius 1 is 1.71 bits per heavy atom. The SMILES string of the molecule is C=C(C(Cl)=N/C=C\N)N1CCCC1=O. The van der Waals surface area contributed by atoms with Gasteiger partial charge in [0, 0.05) is 25.4 Å². The minimum atomic E-state index is 0.0417. The van der Waals surface area contributed by atoms with E-state index >= 15 is 0 Å². The van der Waals surface area contributed by atoms with Crippen molar-refractivity contribution < 1.29 is 4.79 Å². The number of nitrogens with two attached hydrogens (primary N) is 1. The molecule has 0 aromatic carbocycles. The minimum Gasteiger partial charge on any atom is -0.403 e. The van der Waals surface area contributed by atoms with E-state index in [1.807, 2.05) is 0 Å². The zero-order chi connectivity index (χ0) is 10.6. The molecule has 0 aliphatic carbocycles. The van der Waals surface area contributed by atoms with Gasteiger partial charge in [-0.3, -0.25) is 4.79 Å². The highest BCUT2D eigenvalue weighted by molar-refractivity contribution is 6.69. The Hall–Kier alpha value is -1.29. The lowest BCUT2D eigenvalue weighted by molar-refractivity contribution is -0.125. The molecule has 0 saturated carbocycles. The lowest BCUT2D eigenvalue weighted by Gasteiger charge is -2.16. The molecule has 0 spiro atoms. The highest BCUT2D eigenvalue weighted by atomic mass is 35.5. The van der Waals surface area contributed by atoms with Gasteiger partial charge in [0.2, 0.25) is 5.91 Å². The monoisotopic (exact) mass is 213 g/mol. The first-order valence-corrected chi connectivity index (χ1v) is 4.64. The Labute approximate surface area is 87.7 Å². The maximum Gasteiger partial charge on any atom is 0.227 e. The molecule has 1 saturated heterocycles. The van der Waals surface area contributed by atoms with Crippen LogP contribution in [0.1, 0.15) is 12.8 Å². The number of allylic oxidation sites excluding steroid dienone is 1. The molecule has 76 valence electrons. The third kappa shape index (κ3) is 2.35. The van der Waals surface area contributed by atoms with Crippen LogP contribution in [0.25, 0.3) is 0 Å². The van der Waals surface area contributed by atoms with E-state index in [9.17, 15) is 4.79 Å². The number of likely N-dealkylation sites (tertiary alicyclic amines) is 1. The zero-order valence-electron chi connectivity index (χ0n) is 7.74. The number of hydrogen-bond donors (Lipinski definition) is 1. The Kier molecular flexibility index (Phi) is 3.71. The normalized spacial score (nSPS) is 18.2. The summed E-state index contributed by atoms with van der Waals surface area (Å²) in [5.41, 5.74) is 5.54. The van der Waals surface area contributed by atoms with Crippen molar-refractivity contribution in [2.75, 3.05) is 6.54 Å². The number of rotatable bonds is 3. The van der Waals surface area contributed by atoms with Gasteiger partial charge in [-0.1, -0.05) is 18.2 Å². The summed E-state index contributed by atoms with van der Waals surface area (Å²) in [7, 11) is 0. The smallest absolute Gasteiger partial charge is 0.227 e. The molecule has 1 heterocycles. The summed E-state index contributed by atoms with van der Waals surface area (Å²) in [6.45, 7) is 4.37. The maximum atomic E-state index is 11.3. The van der Waals surface area contributed by atoms with Crippen LogP contribution in [-0.4, -0.2) is 22.5 Å². The van der Waals surface area contributed by atoms with Crippen molar-refractivity contribution in [3.05, 3.63) is 24.7 Å². The predicted molar refractivity (Wildman–Crippen MR) is 56.7 cm³/mol. The minimum absolute atomic E-state index is 0.0417.